The van der Waals surface area contributed by atoms with Crippen molar-refractivity contribution in [3.05, 3.63) is 23.9 Å². The lowest BCUT2D eigenvalue weighted by atomic mass is 9.97. The lowest BCUT2D eigenvalue weighted by molar-refractivity contribution is 0.116. The van der Waals surface area contributed by atoms with Crippen LogP contribution in [0.3, 0.4) is 0 Å². The second-order valence-electron chi connectivity index (χ2n) is 4.36. The molecule has 1 saturated carbocycles. The fraction of sp³-hybridized carbons (Fsp3) is 0.545. The molecule has 0 radical (unpaired) electrons. The second-order valence-corrected chi connectivity index (χ2v) is 4.36. The molecule has 0 bridgehead atoms. The summed E-state index contributed by atoms with van der Waals surface area (Å²) < 4.78 is 0. The highest BCUT2D eigenvalue weighted by Crippen LogP contribution is 2.50. The Labute approximate surface area is 90.0 Å². The molecule has 1 aliphatic rings. The molecule has 0 unspecified atom stereocenters. The number of rotatable bonds is 4. The van der Waals surface area contributed by atoms with E-state index in [1.54, 1.807) is 0 Å². The first kappa shape index (κ1) is 10.4. The van der Waals surface area contributed by atoms with Gasteiger partial charge < -0.3 is 9.74 Å². The topological polar surface area (TPSA) is 51.4 Å². The van der Waals surface area contributed by atoms with E-state index in [2.05, 4.69) is 11.1 Å². The summed E-state index contributed by atoms with van der Waals surface area (Å²) in [4.78, 5) is 11.2. The van der Waals surface area contributed by atoms with E-state index in [-0.39, 0.29) is 5.41 Å². The zero-order valence-corrected chi connectivity index (χ0v) is 9.23. The Morgan fingerprint density at radius 1 is 1.53 bits per heavy atom. The molecule has 1 heterocycles. The molecule has 0 atom stereocenters. The zero-order chi connectivity index (χ0) is 10.9. The van der Waals surface area contributed by atoms with E-state index < -0.39 is 0 Å². The Kier molecular flexibility index (Phi) is 2.63. The first-order valence-corrected chi connectivity index (χ1v) is 5.14. The largest absolute Gasteiger partial charge is 0.362 e. The van der Waals surface area contributed by atoms with Gasteiger partial charge in [0.25, 0.3) is 0 Å². The first-order valence-electron chi connectivity index (χ1n) is 5.14. The van der Waals surface area contributed by atoms with Crippen molar-refractivity contribution in [2.75, 3.05) is 25.6 Å². The average Bonchev–Trinajstić information content (AvgIpc) is 2.99. The van der Waals surface area contributed by atoms with Crippen molar-refractivity contribution >= 4 is 5.82 Å². The van der Waals surface area contributed by atoms with Crippen LogP contribution in [0, 0.1) is 0 Å². The van der Waals surface area contributed by atoms with E-state index in [0.29, 0.717) is 6.61 Å². The van der Waals surface area contributed by atoms with Crippen molar-refractivity contribution in [2.24, 2.45) is 5.90 Å². The molecule has 4 heteroatoms. The van der Waals surface area contributed by atoms with E-state index in [4.69, 9.17) is 10.7 Å². The molecule has 1 aliphatic carbocycles. The van der Waals surface area contributed by atoms with Gasteiger partial charge in [0, 0.05) is 31.3 Å². The van der Waals surface area contributed by atoms with Gasteiger partial charge in [-0.15, -0.1) is 0 Å². The molecule has 1 aromatic heterocycles. The number of nitrogens with two attached hydrogens (primary N) is 1. The normalized spacial score (nSPS) is 17.5. The smallest absolute Gasteiger partial charge is 0.131 e. The van der Waals surface area contributed by atoms with Crippen molar-refractivity contribution in [2.45, 2.75) is 18.3 Å². The second kappa shape index (κ2) is 3.79. The molecule has 1 fully saturated rings. The third-order valence-corrected chi connectivity index (χ3v) is 2.99. The monoisotopic (exact) mass is 207 g/mol. The molecule has 82 valence electrons. The van der Waals surface area contributed by atoms with Gasteiger partial charge in [0.1, 0.15) is 5.82 Å². The van der Waals surface area contributed by atoms with Crippen LogP contribution >= 0.6 is 0 Å². The Morgan fingerprint density at radius 3 is 2.80 bits per heavy atom. The zero-order valence-electron chi connectivity index (χ0n) is 9.23. The number of nitrogens with zero attached hydrogens (tertiary/aromatic N) is 2. The van der Waals surface area contributed by atoms with Crippen LogP contribution in [0.5, 0.6) is 0 Å². The Morgan fingerprint density at radius 2 is 2.27 bits per heavy atom. The molecule has 4 nitrogen and oxygen atoms in total. The number of aromatic nitrogens is 1. The van der Waals surface area contributed by atoms with Crippen molar-refractivity contribution in [3.63, 3.8) is 0 Å². The predicted molar refractivity (Wildman–Crippen MR) is 59.6 cm³/mol. The van der Waals surface area contributed by atoms with Gasteiger partial charge in [-0.1, -0.05) is 6.07 Å². The summed E-state index contributed by atoms with van der Waals surface area (Å²) in [6.45, 7) is 0.583. The van der Waals surface area contributed by atoms with E-state index in [1.165, 1.54) is 5.56 Å². The summed E-state index contributed by atoms with van der Waals surface area (Å²) in [5, 5.41) is 0. The third-order valence-electron chi connectivity index (χ3n) is 2.99. The van der Waals surface area contributed by atoms with Crippen molar-refractivity contribution in [1.29, 1.82) is 0 Å². The van der Waals surface area contributed by atoms with Gasteiger partial charge in [-0.3, -0.25) is 0 Å². The van der Waals surface area contributed by atoms with Gasteiger partial charge in [-0.25, -0.2) is 10.9 Å². The molecule has 15 heavy (non-hydrogen) atoms. The van der Waals surface area contributed by atoms with Gasteiger partial charge in [-0.2, -0.15) is 0 Å². The maximum atomic E-state index is 5.18. The molecule has 0 amide bonds. The Balaban J connectivity index is 2.35. The lowest BCUT2D eigenvalue weighted by Crippen LogP contribution is -2.22. The van der Waals surface area contributed by atoms with E-state index >= 15 is 0 Å². The van der Waals surface area contributed by atoms with Crippen LogP contribution < -0.4 is 10.8 Å². The highest BCUT2D eigenvalue weighted by atomic mass is 16.6. The van der Waals surface area contributed by atoms with Crippen LogP contribution in [-0.4, -0.2) is 25.7 Å². The van der Waals surface area contributed by atoms with Crippen molar-refractivity contribution < 1.29 is 4.84 Å². The summed E-state index contributed by atoms with van der Waals surface area (Å²) in [5.74, 6) is 6.20. The minimum absolute atomic E-state index is 0.114. The molecule has 1 aromatic rings. The number of hydrogen-bond acceptors (Lipinski definition) is 4. The fourth-order valence-corrected chi connectivity index (χ4v) is 1.97. The quantitative estimate of drug-likeness (QED) is 0.750. The molecule has 0 saturated heterocycles. The fourth-order valence-electron chi connectivity index (χ4n) is 1.97. The molecule has 2 N–H and O–H groups in total. The van der Waals surface area contributed by atoms with Crippen molar-refractivity contribution in [3.8, 4) is 0 Å². The molecule has 0 aliphatic heterocycles. The summed E-state index contributed by atoms with van der Waals surface area (Å²) in [5.41, 5.74) is 1.36. The lowest BCUT2D eigenvalue weighted by Gasteiger charge is -2.21. The minimum atomic E-state index is 0.114. The maximum absolute atomic E-state index is 5.18. The summed E-state index contributed by atoms with van der Waals surface area (Å²) in [6, 6.07) is 4.09. The molecular weight excluding hydrogens is 190 g/mol. The maximum Gasteiger partial charge on any atom is 0.131 e. The van der Waals surface area contributed by atoms with Crippen LogP contribution in [0.25, 0.3) is 0 Å². The van der Waals surface area contributed by atoms with Crippen molar-refractivity contribution in [1.82, 2.24) is 4.98 Å². The van der Waals surface area contributed by atoms with E-state index in [9.17, 15) is 0 Å². The van der Waals surface area contributed by atoms with Crippen LogP contribution in [0.2, 0.25) is 0 Å². The highest BCUT2D eigenvalue weighted by Gasteiger charge is 2.46. The predicted octanol–water partition coefficient (Wildman–Crippen LogP) is 1.07. The van der Waals surface area contributed by atoms with E-state index in [0.717, 1.165) is 18.7 Å². The van der Waals surface area contributed by atoms with E-state index in [1.807, 2.05) is 31.3 Å². The van der Waals surface area contributed by atoms with Gasteiger partial charge in [0.2, 0.25) is 0 Å². The van der Waals surface area contributed by atoms with Gasteiger partial charge >= 0.3 is 0 Å². The van der Waals surface area contributed by atoms with Crippen LogP contribution in [0.4, 0.5) is 5.82 Å². The summed E-state index contributed by atoms with van der Waals surface area (Å²) in [6.07, 6.45) is 4.09. The Bertz CT molecular complexity index is 347. The average molecular weight is 207 g/mol. The highest BCUT2D eigenvalue weighted by molar-refractivity contribution is 5.52. The summed E-state index contributed by atoms with van der Waals surface area (Å²) >= 11 is 0. The Hall–Kier alpha value is -1.13. The third kappa shape index (κ3) is 1.82. The first-order chi connectivity index (χ1) is 7.19. The number of anilines is 1. The molecule has 2 rings (SSSR count). The van der Waals surface area contributed by atoms with Gasteiger partial charge in [0.15, 0.2) is 0 Å². The molecular formula is C11H17N3O. The van der Waals surface area contributed by atoms with Gasteiger partial charge in [0.05, 0.1) is 6.61 Å². The number of hydrogen-bond donors (Lipinski definition) is 1. The van der Waals surface area contributed by atoms with Gasteiger partial charge in [-0.05, 0) is 18.9 Å². The van der Waals surface area contributed by atoms with Crippen LogP contribution in [0.15, 0.2) is 18.3 Å². The molecule has 0 spiro atoms. The van der Waals surface area contributed by atoms with Crippen LogP contribution in [0.1, 0.15) is 18.4 Å². The minimum Gasteiger partial charge on any atom is -0.362 e. The SMILES string of the molecule is CN(C)c1ncccc1C1(CON)CC1. The number of pyridine rings is 1. The molecule has 0 aromatic carbocycles. The van der Waals surface area contributed by atoms with Crippen LogP contribution in [-0.2, 0) is 10.3 Å². The summed E-state index contributed by atoms with van der Waals surface area (Å²) in [7, 11) is 4.01. The standard InChI is InChI=1S/C11H17N3O/c1-14(2)10-9(4-3-7-13-10)11(5-6-11)8-15-12/h3-4,7H,5-6,8,12H2,1-2H3.